The van der Waals surface area contributed by atoms with Crippen LogP contribution in [0.2, 0.25) is 0 Å². The van der Waals surface area contributed by atoms with Crippen molar-refractivity contribution in [1.29, 1.82) is 0 Å². The highest BCUT2D eigenvalue weighted by molar-refractivity contribution is 5.86. The van der Waals surface area contributed by atoms with Crippen LogP contribution in [-0.4, -0.2) is 48.7 Å². The molecule has 1 aliphatic rings. The molecule has 1 amide bonds. The van der Waals surface area contributed by atoms with E-state index < -0.39 is 17.6 Å². The van der Waals surface area contributed by atoms with Gasteiger partial charge in [-0.05, 0) is 39.8 Å². The Hall–Kier alpha value is -0.820. The quantitative estimate of drug-likeness (QED) is 0.738. The number of halogens is 3. The standard InChI is InChI=1S/C14H26F3N3O/c1-13(18,14(15,16)17)12(21)19-9-6-10-20(2)11-7-4-3-5-8-11/h11H,3-10,18H2,1-2H3,(H,19,21). The molecule has 1 aliphatic carbocycles. The average molecular weight is 309 g/mol. The van der Waals surface area contributed by atoms with Crippen molar-refractivity contribution >= 4 is 5.91 Å². The number of rotatable bonds is 6. The minimum Gasteiger partial charge on any atom is -0.354 e. The van der Waals surface area contributed by atoms with Crippen LogP contribution in [-0.2, 0) is 4.79 Å². The fourth-order valence-corrected chi connectivity index (χ4v) is 2.55. The summed E-state index contributed by atoms with van der Waals surface area (Å²) in [6, 6.07) is 0.560. The number of nitrogens with zero attached hydrogens (tertiary/aromatic N) is 1. The molecule has 3 N–H and O–H groups in total. The van der Waals surface area contributed by atoms with Gasteiger partial charge in [0.15, 0.2) is 5.54 Å². The minimum absolute atomic E-state index is 0.207. The number of hydrogen-bond acceptors (Lipinski definition) is 3. The topological polar surface area (TPSA) is 58.4 Å². The van der Waals surface area contributed by atoms with E-state index in [1.807, 2.05) is 7.05 Å². The lowest BCUT2D eigenvalue weighted by Crippen LogP contribution is -2.61. The second-order valence-corrected chi connectivity index (χ2v) is 6.08. The molecule has 0 radical (unpaired) electrons. The second kappa shape index (κ2) is 7.45. The monoisotopic (exact) mass is 309 g/mol. The lowest BCUT2D eigenvalue weighted by Gasteiger charge is -2.31. The van der Waals surface area contributed by atoms with E-state index in [1.165, 1.54) is 32.1 Å². The van der Waals surface area contributed by atoms with E-state index in [1.54, 1.807) is 0 Å². The zero-order valence-corrected chi connectivity index (χ0v) is 12.8. The molecule has 0 bridgehead atoms. The van der Waals surface area contributed by atoms with Gasteiger partial charge in [0.05, 0.1) is 0 Å². The van der Waals surface area contributed by atoms with E-state index >= 15 is 0 Å². The maximum Gasteiger partial charge on any atom is 0.415 e. The number of alkyl halides is 3. The SMILES string of the molecule is CN(CCCNC(=O)C(C)(N)C(F)(F)F)C1CCCCC1. The Morgan fingerprint density at radius 3 is 2.38 bits per heavy atom. The van der Waals surface area contributed by atoms with Crippen LogP contribution in [0.15, 0.2) is 0 Å². The molecule has 0 aliphatic heterocycles. The van der Waals surface area contributed by atoms with Crippen molar-refractivity contribution in [2.24, 2.45) is 5.73 Å². The molecule has 0 aromatic carbocycles. The van der Waals surface area contributed by atoms with Gasteiger partial charge in [-0.15, -0.1) is 0 Å². The summed E-state index contributed by atoms with van der Waals surface area (Å²) in [5, 5.41) is 2.28. The molecule has 0 saturated heterocycles. The summed E-state index contributed by atoms with van der Waals surface area (Å²) in [6.45, 7) is 1.66. The summed E-state index contributed by atoms with van der Waals surface area (Å²) in [6.07, 6.45) is 2.00. The number of carbonyl (C=O) groups excluding carboxylic acids is 1. The van der Waals surface area contributed by atoms with Crippen molar-refractivity contribution in [2.75, 3.05) is 20.1 Å². The molecule has 1 saturated carbocycles. The van der Waals surface area contributed by atoms with Crippen molar-refractivity contribution in [3.05, 3.63) is 0 Å². The molecule has 4 nitrogen and oxygen atoms in total. The van der Waals surface area contributed by atoms with E-state index in [2.05, 4.69) is 10.2 Å². The third-order valence-corrected chi connectivity index (χ3v) is 4.23. The number of hydrogen-bond donors (Lipinski definition) is 2. The van der Waals surface area contributed by atoms with Crippen LogP contribution in [0.25, 0.3) is 0 Å². The summed E-state index contributed by atoms with van der Waals surface area (Å²) < 4.78 is 37.7. The minimum atomic E-state index is -4.74. The van der Waals surface area contributed by atoms with Crippen molar-refractivity contribution in [3.63, 3.8) is 0 Å². The number of nitrogens with one attached hydrogen (secondary N) is 1. The Balaban J connectivity index is 2.26. The van der Waals surface area contributed by atoms with Crippen molar-refractivity contribution in [2.45, 2.75) is 63.2 Å². The van der Waals surface area contributed by atoms with E-state index in [4.69, 9.17) is 5.73 Å². The zero-order chi connectivity index (χ0) is 16.1. The van der Waals surface area contributed by atoms with Crippen LogP contribution in [0.3, 0.4) is 0 Å². The molecule has 0 spiro atoms. The Kier molecular flexibility index (Phi) is 6.46. The van der Waals surface area contributed by atoms with Gasteiger partial charge in [0.1, 0.15) is 0 Å². The molecule has 21 heavy (non-hydrogen) atoms. The fourth-order valence-electron chi connectivity index (χ4n) is 2.55. The molecular weight excluding hydrogens is 283 g/mol. The van der Waals surface area contributed by atoms with Gasteiger partial charge in [0, 0.05) is 12.6 Å². The summed E-state index contributed by atoms with van der Waals surface area (Å²) in [7, 11) is 2.03. The van der Waals surface area contributed by atoms with Gasteiger partial charge in [-0.25, -0.2) is 0 Å². The highest BCUT2D eigenvalue weighted by Gasteiger charge is 2.53. The molecule has 1 unspecified atom stereocenters. The maximum absolute atomic E-state index is 12.6. The molecule has 1 rings (SSSR count). The van der Waals surface area contributed by atoms with E-state index in [0.29, 0.717) is 19.4 Å². The fraction of sp³-hybridized carbons (Fsp3) is 0.929. The number of carbonyl (C=O) groups is 1. The van der Waals surface area contributed by atoms with Crippen molar-refractivity contribution in [1.82, 2.24) is 10.2 Å². The molecule has 7 heteroatoms. The average Bonchev–Trinajstić information content (AvgIpc) is 2.42. The van der Waals surface area contributed by atoms with Crippen molar-refractivity contribution < 1.29 is 18.0 Å². The van der Waals surface area contributed by atoms with Crippen LogP contribution in [0.4, 0.5) is 13.2 Å². The second-order valence-electron chi connectivity index (χ2n) is 6.08. The van der Waals surface area contributed by atoms with Gasteiger partial charge < -0.3 is 16.0 Å². The first-order chi connectivity index (χ1) is 9.66. The highest BCUT2D eigenvalue weighted by atomic mass is 19.4. The molecule has 0 heterocycles. The van der Waals surface area contributed by atoms with Gasteiger partial charge >= 0.3 is 6.18 Å². The molecular formula is C14H26F3N3O. The van der Waals surface area contributed by atoms with Crippen LogP contribution in [0, 0.1) is 0 Å². The lowest BCUT2D eigenvalue weighted by molar-refractivity contribution is -0.187. The first kappa shape index (κ1) is 18.2. The van der Waals surface area contributed by atoms with Gasteiger partial charge in [-0.1, -0.05) is 19.3 Å². The Bertz CT molecular complexity index is 339. The smallest absolute Gasteiger partial charge is 0.354 e. The van der Waals surface area contributed by atoms with Crippen molar-refractivity contribution in [3.8, 4) is 0 Å². The first-order valence-electron chi connectivity index (χ1n) is 7.50. The summed E-state index contributed by atoms with van der Waals surface area (Å²) in [5.74, 6) is -1.17. The predicted molar refractivity (Wildman–Crippen MR) is 75.8 cm³/mol. The third kappa shape index (κ3) is 5.14. The van der Waals surface area contributed by atoms with E-state index in [0.717, 1.165) is 6.54 Å². The van der Waals surface area contributed by atoms with Crippen LogP contribution < -0.4 is 11.1 Å². The van der Waals surface area contributed by atoms with Gasteiger partial charge in [-0.3, -0.25) is 4.79 Å². The summed E-state index contributed by atoms with van der Waals surface area (Å²) in [5.41, 5.74) is 2.22. The Labute approximate surface area is 124 Å². The molecule has 0 aromatic heterocycles. The molecule has 1 atom stereocenters. The summed E-state index contributed by atoms with van der Waals surface area (Å²) in [4.78, 5) is 13.7. The normalized spacial score (nSPS) is 20.3. The first-order valence-corrected chi connectivity index (χ1v) is 7.50. The predicted octanol–water partition coefficient (Wildman–Crippen LogP) is 2.04. The maximum atomic E-state index is 12.6. The number of amides is 1. The lowest BCUT2D eigenvalue weighted by atomic mass is 9.94. The van der Waals surface area contributed by atoms with Crippen LogP contribution in [0.1, 0.15) is 45.4 Å². The largest absolute Gasteiger partial charge is 0.415 e. The Morgan fingerprint density at radius 2 is 1.86 bits per heavy atom. The van der Waals surface area contributed by atoms with Gasteiger partial charge in [0.2, 0.25) is 5.91 Å². The molecule has 1 fully saturated rings. The van der Waals surface area contributed by atoms with Crippen LogP contribution >= 0.6 is 0 Å². The number of nitrogens with two attached hydrogens (primary N) is 1. The zero-order valence-electron chi connectivity index (χ0n) is 12.8. The van der Waals surface area contributed by atoms with Gasteiger partial charge in [0.25, 0.3) is 0 Å². The summed E-state index contributed by atoms with van der Waals surface area (Å²) >= 11 is 0. The highest BCUT2D eigenvalue weighted by Crippen LogP contribution is 2.27. The Morgan fingerprint density at radius 1 is 1.29 bits per heavy atom. The third-order valence-electron chi connectivity index (χ3n) is 4.23. The molecule has 124 valence electrons. The van der Waals surface area contributed by atoms with Gasteiger partial charge in [-0.2, -0.15) is 13.2 Å². The van der Waals surface area contributed by atoms with Crippen LogP contribution in [0.5, 0.6) is 0 Å². The van der Waals surface area contributed by atoms with E-state index in [-0.39, 0.29) is 6.54 Å². The van der Waals surface area contributed by atoms with E-state index in [9.17, 15) is 18.0 Å². The molecule has 0 aromatic rings.